The fourth-order valence-corrected chi connectivity index (χ4v) is 4.68. The number of nitrogens with zero attached hydrogens (tertiary/aromatic N) is 1. The molecule has 1 aliphatic heterocycles. The molecular weight excluding hydrogens is 374 g/mol. The highest BCUT2D eigenvalue weighted by molar-refractivity contribution is 9.10. The Morgan fingerprint density at radius 3 is 2.68 bits per heavy atom. The fraction of sp³-hybridized carbons (Fsp3) is 0.500. The summed E-state index contributed by atoms with van der Waals surface area (Å²) in [6.45, 7) is 1.79. The van der Waals surface area contributed by atoms with Crippen LogP contribution in [0.5, 0.6) is 5.75 Å². The second-order valence-electron chi connectivity index (χ2n) is 5.33. The number of benzene rings is 1. The van der Waals surface area contributed by atoms with E-state index in [0.717, 1.165) is 0 Å². The summed E-state index contributed by atoms with van der Waals surface area (Å²) in [6.07, 6.45) is 1.02. The third kappa shape index (κ3) is 3.28. The average Bonchev–Trinajstić information content (AvgIpc) is 2.47. The molecule has 0 amide bonds. The van der Waals surface area contributed by atoms with E-state index in [1.54, 1.807) is 13.0 Å². The molecule has 2 unspecified atom stereocenters. The van der Waals surface area contributed by atoms with E-state index in [9.17, 15) is 13.2 Å². The quantitative estimate of drug-likeness (QED) is 0.851. The predicted molar refractivity (Wildman–Crippen MR) is 84.4 cm³/mol. The first-order valence-corrected chi connectivity index (χ1v) is 9.09. The van der Waals surface area contributed by atoms with Crippen LogP contribution in [0.3, 0.4) is 0 Å². The summed E-state index contributed by atoms with van der Waals surface area (Å²) in [6, 6.07) is 4.31. The number of carboxylic acids is 1. The van der Waals surface area contributed by atoms with Crippen LogP contribution in [0, 0.1) is 5.92 Å². The Morgan fingerprint density at radius 2 is 2.09 bits per heavy atom. The molecule has 6 nitrogen and oxygen atoms in total. The smallest absolute Gasteiger partial charge is 0.307 e. The summed E-state index contributed by atoms with van der Waals surface area (Å²) >= 11 is 3.28. The van der Waals surface area contributed by atoms with Gasteiger partial charge in [-0.1, -0.05) is 0 Å². The number of rotatable bonds is 4. The number of halogens is 1. The Hall–Kier alpha value is -1.12. The number of ether oxygens (including phenoxy) is 1. The van der Waals surface area contributed by atoms with Gasteiger partial charge in [0.05, 0.1) is 22.4 Å². The van der Waals surface area contributed by atoms with E-state index in [2.05, 4.69) is 15.9 Å². The van der Waals surface area contributed by atoms with Gasteiger partial charge in [0.2, 0.25) is 10.0 Å². The molecular formula is C14H18BrNO5S. The number of hydrogen-bond donors (Lipinski definition) is 1. The Morgan fingerprint density at radius 1 is 1.41 bits per heavy atom. The van der Waals surface area contributed by atoms with Crippen LogP contribution in [0.25, 0.3) is 0 Å². The normalized spacial score (nSPS) is 23.2. The molecule has 2 rings (SSSR count). The first-order chi connectivity index (χ1) is 10.3. The summed E-state index contributed by atoms with van der Waals surface area (Å²) in [4.78, 5) is 11.3. The van der Waals surface area contributed by atoms with Crippen molar-refractivity contribution in [2.75, 3.05) is 13.7 Å². The molecule has 1 aromatic rings. The van der Waals surface area contributed by atoms with Crippen molar-refractivity contribution in [1.82, 2.24) is 4.31 Å². The van der Waals surface area contributed by atoms with Crippen LogP contribution in [0.1, 0.15) is 19.8 Å². The van der Waals surface area contributed by atoms with Gasteiger partial charge >= 0.3 is 5.97 Å². The van der Waals surface area contributed by atoms with Gasteiger partial charge in [-0.3, -0.25) is 4.79 Å². The van der Waals surface area contributed by atoms with E-state index in [0.29, 0.717) is 23.1 Å². The predicted octanol–water partition coefficient (Wildman–Crippen LogP) is 2.33. The molecule has 0 aliphatic carbocycles. The molecule has 0 aromatic heterocycles. The molecule has 1 saturated heterocycles. The van der Waals surface area contributed by atoms with Gasteiger partial charge in [0, 0.05) is 18.7 Å². The van der Waals surface area contributed by atoms with Crippen molar-refractivity contribution in [3.63, 3.8) is 0 Å². The van der Waals surface area contributed by atoms with Gasteiger partial charge in [0.25, 0.3) is 0 Å². The van der Waals surface area contributed by atoms with Crippen molar-refractivity contribution in [2.24, 2.45) is 5.92 Å². The molecule has 2 atom stereocenters. The van der Waals surface area contributed by atoms with Crippen molar-refractivity contribution in [1.29, 1.82) is 0 Å². The zero-order valence-electron chi connectivity index (χ0n) is 12.3. The zero-order valence-corrected chi connectivity index (χ0v) is 14.7. The highest BCUT2D eigenvalue weighted by Gasteiger charge is 2.37. The highest BCUT2D eigenvalue weighted by Crippen LogP contribution is 2.32. The number of sulfonamides is 1. The Kier molecular flexibility index (Phi) is 5.14. The summed E-state index contributed by atoms with van der Waals surface area (Å²) < 4.78 is 32.7. The van der Waals surface area contributed by atoms with Crippen molar-refractivity contribution < 1.29 is 23.1 Å². The van der Waals surface area contributed by atoms with Gasteiger partial charge in [-0.25, -0.2) is 8.42 Å². The van der Waals surface area contributed by atoms with Gasteiger partial charge in [-0.05, 0) is 47.8 Å². The van der Waals surface area contributed by atoms with Gasteiger partial charge in [-0.2, -0.15) is 4.31 Å². The SMILES string of the molecule is COc1cc(S(=O)(=O)N2CC(C(=O)O)CCC2C)ccc1Br. The number of carbonyl (C=O) groups is 1. The maximum Gasteiger partial charge on any atom is 0.307 e. The minimum absolute atomic E-state index is 0.00277. The molecule has 0 bridgehead atoms. The Labute approximate surface area is 138 Å². The van der Waals surface area contributed by atoms with E-state index in [1.807, 2.05) is 0 Å². The minimum Gasteiger partial charge on any atom is -0.496 e. The maximum atomic E-state index is 12.8. The molecule has 22 heavy (non-hydrogen) atoms. The summed E-state index contributed by atoms with van der Waals surface area (Å²) in [5, 5.41) is 9.15. The summed E-state index contributed by atoms with van der Waals surface area (Å²) in [5.74, 6) is -1.20. The van der Waals surface area contributed by atoms with Gasteiger partial charge in [0.1, 0.15) is 5.75 Å². The number of aliphatic carboxylic acids is 1. The van der Waals surface area contributed by atoms with E-state index in [-0.39, 0.29) is 17.5 Å². The van der Waals surface area contributed by atoms with Crippen molar-refractivity contribution >= 4 is 31.9 Å². The van der Waals surface area contributed by atoms with Crippen LogP contribution in [0.2, 0.25) is 0 Å². The summed E-state index contributed by atoms with van der Waals surface area (Å²) in [5.41, 5.74) is 0. The molecule has 0 saturated carbocycles. The molecule has 0 radical (unpaired) electrons. The van der Waals surface area contributed by atoms with Gasteiger partial charge < -0.3 is 9.84 Å². The zero-order chi connectivity index (χ0) is 16.5. The number of methoxy groups -OCH3 is 1. The van der Waals surface area contributed by atoms with E-state index < -0.39 is 21.9 Å². The van der Waals surface area contributed by atoms with E-state index >= 15 is 0 Å². The number of hydrogen-bond acceptors (Lipinski definition) is 4. The van der Waals surface area contributed by atoms with E-state index in [1.165, 1.54) is 23.5 Å². The molecule has 1 aromatic carbocycles. The van der Waals surface area contributed by atoms with Crippen molar-refractivity contribution in [3.05, 3.63) is 22.7 Å². The second-order valence-corrected chi connectivity index (χ2v) is 8.08. The molecule has 1 N–H and O–H groups in total. The lowest BCUT2D eigenvalue weighted by molar-refractivity contribution is -0.143. The van der Waals surface area contributed by atoms with Crippen LogP contribution >= 0.6 is 15.9 Å². The van der Waals surface area contributed by atoms with Crippen LogP contribution in [0.15, 0.2) is 27.6 Å². The maximum absolute atomic E-state index is 12.8. The number of piperidine rings is 1. The van der Waals surface area contributed by atoms with E-state index in [4.69, 9.17) is 9.84 Å². The lowest BCUT2D eigenvalue weighted by Crippen LogP contribution is -2.47. The molecule has 8 heteroatoms. The lowest BCUT2D eigenvalue weighted by Gasteiger charge is -2.35. The molecule has 1 aliphatic rings. The standard InChI is InChI=1S/C14H18BrNO5S/c1-9-3-4-10(14(17)18)8-16(9)22(19,20)11-5-6-12(15)13(7-11)21-2/h5-7,9-10H,3-4,8H2,1-2H3,(H,17,18). The van der Waals surface area contributed by atoms with Crippen molar-refractivity contribution in [3.8, 4) is 5.75 Å². The van der Waals surface area contributed by atoms with Crippen LogP contribution < -0.4 is 4.74 Å². The topological polar surface area (TPSA) is 83.9 Å². The molecule has 0 spiro atoms. The first-order valence-electron chi connectivity index (χ1n) is 6.85. The molecule has 122 valence electrons. The Bertz CT molecular complexity index is 676. The van der Waals surface area contributed by atoms with Gasteiger partial charge in [0.15, 0.2) is 0 Å². The fourth-order valence-electron chi connectivity index (χ4n) is 2.55. The van der Waals surface area contributed by atoms with Gasteiger partial charge in [-0.15, -0.1) is 0 Å². The molecule has 1 fully saturated rings. The summed E-state index contributed by atoms with van der Waals surface area (Å²) in [7, 11) is -2.30. The van der Waals surface area contributed by atoms with Crippen LogP contribution in [-0.4, -0.2) is 43.5 Å². The van der Waals surface area contributed by atoms with Crippen LogP contribution in [0.4, 0.5) is 0 Å². The average molecular weight is 392 g/mol. The largest absolute Gasteiger partial charge is 0.496 e. The Balaban J connectivity index is 2.38. The second kappa shape index (κ2) is 6.55. The van der Waals surface area contributed by atoms with Crippen LogP contribution in [-0.2, 0) is 14.8 Å². The number of carboxylic acid groups (broad SMARTS) is 1. The minimum atomic E-state index is -3.76. The monoisotopic (exact) mass is 391 g/mol. The van der Waals surface area contributed by atoms with Crippen molar-refractivity contribution in [2.45, 2.75) is 30.7 Å². The third-order valence-corrected chi connectivity index (χ3v) is 6.53. The molecule has 1 heterocycles. The highest BCUT2D eigenvalue weighted by atomic mass is 79.9. The first kappa shape index (κ1) is 17.2. The third-order valence-electron chi connectivity index (χ3n) is 3.90. The lowest BCUT2D eigenvalue weighted by atomic mass is 9.96.